The van der Waals surface area contributed by atoms with Crippen molar-refractivity contribution >= 4 is 15.9 Å². The SMILES string of the molecule is Cc1nn(C)c(CC2Cc3ccccc3C2O)c1Br. The third kappa shape index (κ3) is 2.13. The zero-order valence-corrected chi connectivity index (χ0v) is 12.7. The van der Waals surface area contributed by atoms with Gasteiger partial charge in [-0.2, -0.15) is 5.10 Å². The lowest BCUT2D eigenvalue weighted by Crippen LogP contribution is -2.13. The van der Waals surface area contributed by atoms with Gasteiger partial charge in [-0.1, -0.05) is 24.3 Å². The molecule has 1 aliphatic rings. The molecule has 100 valence electrons. The molecule has 2 atom stereocenters. The Hall–Kier alpha value is -1.13. The lowest BCUT2D eigenvalue weighted by molar-refractivity contribution is 0.122. The minimum absolute atomic E-state index is 0.239. The molecule has 3 nitrogen and oxygen atoms in total. The van der Waals surface area contributed by atoms with Gasteiger partial charge in [-0.05, 0) is 52.7 Å². The quantitative estimate of drug-likeness (QED) is 0.923. The number of aromatic nitrogens is 2. The fourth-order valence-corrected chi connectivity index (χ4v) is 3.49. The van der Waals surface area contributed by atoms with Crippen LogP contribution in [-0.2, 0) is 19.9 Å². The Kier molecular flexibility index (Phi) is 3.23. The monoisotopic (exact) mass is 320 g/mol. The van der Waals surface area contributed by atoms with Gasteiger partial charge < -0.3 is 5.11 Å². The van der Waals surface area contributed by atoms with Gasteiger partial charge in [0.25, 0.3) is 0 Å². The first kappa shape index (κ1) is 12.9. The predicted molar refractivity (Wildman–Crippen MR) is 77.9 cm³/mol. The molecule has 2 aromatic rings. The third-order valence-electron chi connectivity index (χ3n) is 4.02. The van der Waals surface area contributed by atoms with Crippen molar-refractivity contribution in [3.05, 3.63) is 51.3 Å². The number of hydrogen-bond acceptors (Lipinski definition) is 2. The van der Waals surface area contributed by atoms with Gasteiger partial charge in [-0.3, -0.25) is 4.68 Å². The van der Waals surface area contributed by atoms with E-state index in [1.807, 2.05) is 36.9 Å². The zero-order chi connectivity index (χ0) is 13.6. The summed E-state index contributed by atoms with van der Waals surface area (Å²) in [5, 5.41) is 14.9. The van der Waals surface area contributed by atoms with E-state index in [2.05, 4.69) is 27.1 Å². The van der Waals surface area contributed by atoms with Gasteiger partial charge in [-0.25, -0.2) is 0 Å². The van der Waals surface area contributed by atoms with Gasteiger partial charge in [0, 0.05) is 7.05 Å². The number of benzene rings is 1. The van der Waals surface area contributed by atoms with E-state index in [9.17, 15) is 5.11 Å². The molecule has 4 heteroatoms. The van der Waals surface area contributed by atoms with E-state index < -0.39 is 0 Å². The van der Waals surface area contributed by atoms with Crippen LogP contribution in [0, 0.1) is 12.8 Å². The van der Waals surface area contributed by atoms with Crippen LogP contribution in [0.5, 0.6) is 0 Å². The lowest BCUT2D eigenvalue weighted by atomic mass is 9.97. The second kappa shape index (κ2) is 4.76. The average molecular weight is 321 g/mol. The van der Waals surface area contributed by atoms with Crippen molar-refractivity contribution < 1.29 is 5.11 Å². The Morgan fingerprint density at radius 2 is 2.16 bits per heavy atom. The Morgan fingerprint density at radius 1 is 1.42 bits per heavy atom. The van der Waals surface area contributed by atoms with E-state index in [0.29, 0.717) is 0 Å². The van der Waals surface area contributed by atoms with Crippen LogP contribution in [0.3, 0.4) is 0 Å². The van der Waals surface area contributed by atoms with Crippen molar-refractivity contribution in [2.24, 2.45) is 13.0 Å². The van der Waals surface area contributed by atoms with E-state index in [1.54, 1.807) is 0 Å². The summed E-state index contributed by atoms with van der Waals surface area (Å²) in [5.41, 5.74) is 4.52. The highest BCUT2D eigenvalue weighted by atomic mass is 79.9. The molecule has 0 radical (unpaired) electrons. The fraction of sp³-hybridized carbons (Fsp3) is 0.400. The van der Waals surface area contributed by atoms with Crippen molar-refractivity contribution in [2.75, 3.05) is 0 Å². The second-order valence-corrected chi connectivity index (χ2v) is 6.07. The number of fused-ring (bicyclic) bond motifs is 1. The topological polar surface area (TPSA) is 38.0 Å². The minimum atomic E-state index is -0.363. The van der Waals surface area contributed by atoms with Gasteiger partial charge >= 0.3 is 0 Å². The van der Waals surface area contributed by atoms with Crippen molar-refractivity contribution in [1.82, 2.24) is 9.78 Å². The van der Waals surface area contributed by atoms with Crippen LogP contribution < -0.4 is 0 Å². The molecule has 1 N–H and O–H groups in total. The number of hydrogen-bond donors (Lipinski definition) is 1. The Labute approximate surface area is 121 Å². The fourth-order valence-electron chi connectivity index (χ4n) is 2.99. The third-order valence-corrected chi connectivity index (χ3v) is 5.05. The van der Waals surface area contributed by atoms with Crippen molar-refractivity contribution in [3.63, 3.8) is 0 Å². The Morgan fingerprint density at radius 3 is 2.79 bits per heavy atom. The van der Waals surface area contributed by atoms with Crippen LogP contribution >= 0.6 is 15.9 Å². The molecule has 0 bridgehead atoms. The highest BCUT2D eigenvalue weighted by Crippen LogP contribution is 2.38. The molecule has 0 saturated carbocycles. The Balaban J connectivity index is 1.87. The second-order valence-electron chi connectivity index (χ2n) is 5.28. The summed E-state index contributed by atoms with van der Waals surface area (Å²) < 4.78 is 2.98. The maximum atomic E-state index is 10.4. The van der Waals surface area contributed by atoms with Crippen LogP contribution in [0.2, 0.25) is 0 Å². The van der Waals surface area contributed by atoms with Crippen LogP contribution in [0.25, 0.3) is 0 Å². The maximum Gasteiger partial charge on any atom is 0.0827 e. The summed E-state index contributed by atoms with van der Waals surface area (Å²) in [6, 6.07) is 8.18. The van der Waals surface area contributed by atoms with Gasteiger partial charge in [0.15, 0.2) is 0 Å². The molecule has 1 aromatic carbocycles. The molecule has 1 aromatic heterocycles. The number of aryl methyl sites for hydroxylation is 2. The predicted octanol–water partition coefficient (Wildman–Crippen LogP) is 2.94. The molecule has 0 fully saturated rings. The summed E-state index contributed by atoms with van der Waals surface area (Å²) in [7, 11) is 1.96. The molecule has 1 heterocycles. The molecule has 19 heavy (non-hydrogen) atoms. The molecule has 0 aliphatic heterocycles. The maximum absolute atomic E-state index is 10.4. The molecule has 3 rings (SSSR count). The zero-order valence-electron chi connectivity index (χ0n) is 11.1. The minimum Gasteiger partial charge on any atom is -0.388 e. The van der Waals surface area contributed by atoms with Gasteiger partial charge in [0.05, 0.1) is 22.0 Å². The smallest absolute Gasteiger partial charge is 0.0827 e. The van der Waals surface area contributed by atoms with Crippen molar-refractivity contribution in [3.8, 4) is 0 Å². The van der Waals surface area contributed by atoms with Crippen LogP contribution in [-0.4, -0.2) is 14.9 Å². The largest absolute Gasteiger partial charge is 0.388 e. The molecule has 0 spiro atoms. The molecule has 0 amide bonds. The standard InChI is InChI=1S/C15H17BrN2O/c1-9-14(16)13(18(2)17-9)8-11-7-10-5-3-4-6-12(10)15(11)19/h3-6,11,15,19H,7-8H2,1-2H3. The van der Waals surface area contributed by atoms with Crippen LogP contribution in [0.4, 0.5) is 0 Å². The summed E-state index contributed by atoms with van der Waals surface area (Å²) in [6.07, 6.45) is 1.42. The van der Waals surface area contributed by atoms with E-state index >= 15 is 0 Å². The first-order valence-electron chi connectivity index (χ1n) is 6.51. The van der Waals surface area contributed by atoms with E-state index in [4.69, 9.17) is 0 Å². The lowest BCUT2D eigenvalue weighted by Gasteiger charge is -2.15. The van der Waals surface area contributed by atoms with Gasteiger partial charge in [0.2, 0.25) is 0 Å². The number of halogens is 1. The van der Waals surface area contributed by atoms with Crippen LogP contribution in [0.15, 0.2) is 28.7 Å². The van der Waals surface area contributed by atoms with Crippen molar-refractivity contribution in [1.29, 1.82) is 0 Å². The Bertz CT molecular complexity index is 621. The molecule has 0 saturated heterocycles. The highest BCUT2D eigenvalue weighted by molar-refractivity contribution is 9.10. The summed E-state index contributed by atoms with van der Waals surface area (Å²) >= 11 is 3.60. The van der Waals surface area contributed by atoms with Crippen LogP contribution in [0.1, 0.15) is 28.6 Å². The van der Waals surface area contributed by atoms with Gasteiger partial charge in [0.1, 0.15) is 0 Å². The molecule has 2 unspecified atom stereocenters. The molecule has 1 aliphatic carbocycles. The van der Waals surface area contributed by atoms with Crippen molar-refractivity contribution in [2.45, 2.75) is 25.9 Å². The van der Waals surface area contributed by atoms with Gasteiger partial charge in [-0.15, -0.1) is 0 Å². The summed E-state index contributed by atoms with van der Waals surface area (Å²) in [4.78, 5) is 0. The number of nitrogens with zero attached hydrogens (tertiary/aromatic N) is 2. The summed E-state index contributed by atoms with van der Waals surface area (Å²) in [5.74, 6) is 0.239. The van der Waals surface area contributed by atoms with E-state index in [1.165, 1.54) is 5.56 Å². The normalized spacial score (nSPS) is 21.7. The first-order chi connectivity index (χ1) is 9.08. The number of rotatable bonds is 2. The molecular formula is C15H17BrN2O. The number of aliphatic hydroxyl groups excluding tert-OH is 1. The molecular weight excluding hydrogens is 304 g/mol. The number of aliphatic hydroxyl groups is 1. The summed E-state index contributed by atoms with van der Waals surface area (Å²) in [6.45, 7) is 1.99. The highest BCUT2D eigenvalue weighted by Gasteiger charge is 2.31. The average Bonchev–Trinajstić information content (AvgIpc) is 2.83. The first-order valence-corrected chi connectivity index (χ1v) is 7.31. The van der Waals surface area contributed by atoms with E-state index in [0.717, 1.165) is 34.3 Å². The van der Waals surface area contributed by atoms with E-state index in [-0.39, 0.29) is 12.0 Å².